The first-order valence-corrected chi connectivity index (χ1v) is 7.66. The standard InChI is InChI=1S/C16H22ClNO2/c1-3-11-4-7-13(8-5-11)18-15-9-6-12(17)10-14(15)16(19)20-2/h6,9-11,13,18H,3-5,7-8H2,1-2H3. The summed E-state index contributed by atoms with van der Waals surface area (Å²) in [7, 11) is 1.39. The summed E-state index contributed by atoms with van der Waals surface area (Å²) in [6.07, 6.45) is 6.09. The van der Waals surface area contributed by atoms with Crippen LogP contribution >= 0.6 is 11.6 Å². The first-order valence-electron chi connectivity index (χ1n) is 7.28. The Labute approximate surface area is 125 Å². The molecular weight excluding hydrogens is 274 g/mol. The van der Waals surface area contributed by atoms with E-state index < -0.39 is 0 Å². The van der Waals surface area contributed by atoms with Crippen molar-refractivity contribution in [3.63, 3.8) is 0 Å². The summed E-state index contributed by atoms with van der Waals surface area (Å²) in [5.41, 5.74) is 1.33. The van der Waals surface area contributed by atoms with Crippen molar-refractivity contribution in [2.75, 3.05) is 12.4 Å². The van der Waals surface area contributed by atoms with Gasteiger partial charge in [-0.2, -0.15) is 0 Å². The number of carbonyl (C=O) groups excluding carboxylic acids is 1. The van der Waals surface area contributed by atoms with Crippen LogP contribution in [-0.4, -0.2) is 19.1 Å². The predicted molar refractivity (Wildman–Crippen MR) is 82.5 cm³/mol. The fraction of sp³-hybridized carbons (Fsp3) is 0.562. The van der Waals surface area contributed by atoms with E-state index >= 15 is 0 Å². The zero-order valence-electron chi connectivity index (χ0n) is 12.1. The number of benzene rings is 1. The molecule has 0 spiro atoms. The molecule has 2 rings (SSSR count). The van der Waals surface area contributed by atoms with Crippen LogP contribution in [0.2, 0.25) is 5.02 Å². The summed E-state index contributed by atoms with van der Waals surface area (Å²) in [5, 5.41) is 4.02. The molecule has 1 aromatic carbocycles. The van der Waals surface area contributed by atoms with Crippen molar-refractivity contribution in [3.8, 4) is 0 Å². The zero-order valence-corrected chi connectivity index (χ0v) is 12.9. The van der Waals surface area contributed by atoms with Gasteiger partial charge in [-0.05, 0) is 49.8 Å². The van der Waals surface area contributed by atoms with Crippen molar-refractivity contribution in [3.05, 3.63) is 28.8 Å². The van der Waals surface area contributed by atoms with Crippen molar-refractivity contribution >= 4 is 23.3 Å². The third-order valence-electron chi connectivity index (χ3n) is 4.17. The number of nitrogens with one attached hydrogen (secondary N) is 1. The molecule has 1 fully saturated rings. The molecule has 4 heteroatoms. The Balaban J connectivity index is 2.07. The SMILES string of the molecule is CCC1CCC(Nc2ccc(Cl)cc2C(=O)OC)CC1. The van der Waals surface area contributed by atoms with Crippen molar-refractivity contribution < 1.29 is 9.53 Å². The maximum atomic E-state index is 11.8. The van der Waals surface area contributed by atoms with Gasteiger partial charge in [-0.3, -0.25) is 0 Å². The number of esters is 1. The van der Waals surface area contributed by atoms with Gasteiger partial charge in [0, 0.05) is 16.8 Å². The van der Waals surface area contributed by atoms with Crippen LogP contribution in [0, 0.1) is 5.92 Å². The Hall–Kier alpha value is -1.22. The number of hydrogen-bond donors (Lipinski definition) is 1. The van der Waals surface area contributed by atoms with Gasteiger partial charge in [0.05, 0.1) is 12.7 Å². The van der Waals surface area contributed by atoms with Gasteiger partial charge in [0.15, 0.2) is 0 Å². The van der Waals surface area contributed by atoms with Gasteiger partial charge in [0.25, 0.3) is 0 Å². The second kappa shape index (κ2) is 6.98. The molecule has 0 amide bonds. The maximum Gasteiger partial charge on any atom is 0.340 e. The van der Waals surface area contributed by atoms with Crippen LogP contribution in [0.1, 0.15) is 49.4 Å². The molecule has 3 nitrogen and oxygen atoms in total. The monoisotopic (exact) mass is 295 g/mol. The van der Waals surface area contributed by atoms with Crippen LogP contribution in [0.5, 0.6) is 0 Å². The molecule has 1 saturated carbocycles. The van der Waals surface area contributed by atoms with Crippen molar-refractivity contribution in [2.24, 2.45) is 5.92 Å². The van der Waals surface area contributed by atoms with Crippen molar-refractivity contribution in [2.45, 2.75) is 45.1 Å². The fourth-order valence-electron chi connectivity index (χ4n) is 2.86. The molecule has 0 unspecified atom stereocenters. The number of carbonyl (C=O) groups is 1. The van der Waals surface area contributed by atoms with E-state index in [0.717, 1.165) is 24.4 Å². The highest BCUT2D eigenvalue weighted by Gasteiger charge is 2.21. The predicted octanol–water partition coefficient (Wildman–Crippen LogP) is 4.51. The van der Waals surface area contributed by atoms with Crippen LogP contribution in [0.3, 0.4) is 0 Å². The average Bonchev–Trinajstić information content (AvgIpc) is 2.49. The van der Waals surface area contributed by atoms with Gasteiger partial charge >= 0.3 is 5.97 Å². The lowest BCUT2D eigenvalue weighted by Gasteiger charge is -2.29. The first-order chi connectivity index (χ1) is 9.63. The number of methoxy groups -OCH3 is 1. The Morgan fingerprint density at radius 2 is 2.05 bits per heavy atom. The quantitative estimate of drug-likeness (QED) is 0.831. The molecule has 0 aromatic heterocycles. The summed E-state index contributed by atoms with van der Waals surface area (Å²) in [6.45, 7) is 2.26. The lowest BCUT2D eigenvalue weighted by atomic mass is 9.84. The molecule has 1 aliphatic carbocycles. The molecule has 1 N–H and O–H groups in total. The van der Waals surface area contributed by atoms with Gasteiger partial charge in [0.1, 0.15) is 0 Å². The first kappa shape index (κ1) is 15.2. The summed E-state index contributed by atoms with van der Waals surface area (Å²) >= 11 is 5.96. The van der Waals surface area contributed by atoms with Gasteiger partial charge in [-0.15, -0.1) is 0 Å². The number of rotatable bonds is 4. The van der Waals surface area contributed by atoms with E-state index in [9.17, 15) is 4.79 Å². The third kappa shape index (κ3) is 3.66. The molecule has 0 heterocycles. The van der Waals surface area contributed by atoms with Crippen LogP contribution < -0.4 is 5.32 Å². The molecule has 1 aliphatic rings. The van der Waals surface area contributed by atoms with Crippen LogP contribution in [0.15, 0.2) is 18.2 Å². The minimum atomic E-state index is -0.350. The third-order valence-corrected chi connectivity index (χ3v) is 4.41. The minimum Gasteiger partial charge on any atom is -0.465 e. The van der Waals surface area contributed by atoms with Crippen molar-refractivity contribution in [1.29, 1.82) is 0 Å². The number of ether oxygens (including phenoxy) is 1. The van der Waals surface area contributed by atoms with Gasteiger partial charge in [0.2, 0.25) is 0 Å². The minimum absolute atomic E-state index is 0.350. The second-order valence-corrected chi connectivity index (χ2v) is 5.89. The zero-order chi connectivity index (χ0) is 14.5. The molecule has 0 radical (unpaired) electrons. The molecule has 0 atom stereocenters. The lowest BCUT2D eigenvalue weighted by Crippen LogP contribution is -2.26. The largest absolute Gasteiger partial charge is 0.465 e. The Morgan fingerprint density at radius 3 is 2.65 bits per heavy atom. The molecule has 0 aliphatic heterocycles. The van der Waals surface area contributed by atoms with Gasteiger partial charge in [-0.25, -0.2) is 4.79 Å². The van der Waals surface area contributed by atoms with Crippen molar-refractivity contribution in [1.82, 2.24) is 0 Å². The van der Waals surface area contributed by atoms with Gasteiger partial charge in [-0.1, -0.05) is 24.9 Å². The van der Waals surface area contributed by atoms with E-state index in [2.05, 4.69) is 12.2 Å². The van der Waals surface area contributed by atoms with E-state index in [1.54, 1.807) is 12.1 Å². The normalized spacial score (nSPS) is 22.4. The Bertz CT molecular complexity index is 468. The topological polar surface area (TPSA) is 38.3 Å². The number of anilines is 1. The van der Waals surface area contributed by atoms with E-state index in [1.807, 2.05) is 6.07 Å². The van der Waals surface area contributed by atoms with Gasteiger partial charge < -0.3 is 10.1 Å². The Kier molecular flexibility index (Phi) is 5.30. The summed E-state index contributed by atoms with van der Waals surface area (Å²) in [6, 6.07) is 5.75. The molecular formula is C16H22ClNO2. The van der Waals surface area contributed by atoms with E-state index in [-0.39, 0.29) is 5.97 Å². The molecule has 1 aromatic rings. The second-order valence-electron chi connectivity index (χ2n) is 5.45. The molecule has 0 saturated heterocycles. The van der Waals surface area contributed by atoms with Crippen LogP contribution in [0.25, 0.3) is 0 Å². The smallest absolute Gasteiger partial charge is 0.340 e. The molecule has 110 valence electrons. The average molecular weight is 296 g/mol. The van der Waals surface area contributed by atoms with Crippen LogP contribution in [-0.2, 0) is 4.74 Å². The highest BCUT2D eigenvalue weighted by atomic mass is 35.5. The number of halogens is 1. The molecule has 0 bridgehead atoms. The summed E-state index contributed by atoms with van der Waals surface area (Å²) in [5.74, 6) is 0.510. The summed E-state index contributed by atoms with van der Waals surface area (Å²) in [4.78, 5) is 11.8. The van der Waals surface area contributed by atoms with Crippen LogP contribution in [0.4, 0.5) is 5.69 Å². The highest BCUT2D eigenvalue weighted by Crippen LogP contribution is 2.30. The van der Waals surface area contributed by atoms with E-state index in [4.69, 9.17) is 16.3 Å². The fourth-order valence-corrected chi connectivity index (χ4v) is 3.03. The lowest BCUT2D eigenvalue weighted by molar-refractivity contribution is 0.0601. The number of hydrogen-bond acceptors (Lipinski definition) is 3. The highest BCUT2D eigenvalue weighted by molar-refractivity contribution is 6.31. The summed E-state index contributed by atoms with van der Waals surface area (Å²) < 4.78 is 4.82. The van der Waals surface area contributed by atoms with E-state index in [0.29, 0.717) is 16.6 Å². The maximum absolute atomic E-state index is 11.8. The Morgan fingerprint density at radius 1 is 1.35 bits per heavy atom. The molecule has 20 heavy (non-hydrogen) atoms. The van der Waals surface area contributed by atoms with E-state index in [1.165, 1.54) is 26.4 Å².